The molecule has 4 nitrogen and oxygen atoms in total. The van der Waals surface area contributed by atoms with Crippen LogP contribution in [0, 0.1) is 0 Å². The average Bonchev–Trinajstić information content (AvgIpc) is 2.93. The van der Waals surface area contributed by atoms with Crippen molar-refractivity contribution >= 4 is 18.3 Å². The molecule has 1 aromatic carbocycles. The highest BCUT2D eigenvalue weighted by molar-refractivity contribution is 5.85. The molecule has 20 heavy (non-hydrogen) atoms. The minimum absolute atomic E-state index is 0. The Hall–Kier alpha value is -1.26. The summed E-state index contributed by atoms with van der Waals surface area (Å²) in [5.41, 5.74) is 1.19. The molecule has 1 unspecified atom stereocenters. The molecule has 0 saturated carbocycles. The Kier molecular flexibility index (Phi) is 7.41. The van der Waals surface area contributed by atoms with Crippen molar-refractivity contribution < 1.29 is 9.53 Å². The predicted octanol–water partition coefficient (Wildman–Crippen LogP) is 1.92. The maximum Gasteiger partial charge on any atom is 0.237 e. The lowest BCUT2D eigenvalue weighted by Gasteiger charge is -2.11. The van der Waals surface area contributed by atoms with Crippen LogP contribution in [-0.2, 0) is 11.2 Å². The highest BCUT2D eigenvalue weighted by Crippen LogP contribution is 2.13. The molecule has 2 N–H and O–H groups in total. The van der Waals surface area contributed by atoms with Crippen molar-refractivity contribution in [3.05, 3.63) is 29.8 Å². The first-order valence-corrected chi connectivity index (χ1v) is 7.02. The number of benzene rings is 1. The molecule has 1 amide bonds. The molecule has 0 aliphatic carbocycles. The Balaban J connectivity index is 0.00000200. The average molecular weight is 299 g/mol. The Morgan fingerprint density at radius 2 is 2.35 bits per heavy atom. The van der Waals surface area contributed by atoms with Crippen LogP contribution in [0.3, 0.4) is 0 Å². The lowest BCUT2D eigenvalue weighted by molar-refractivity contribution is -0.122. The number of hydrogen-bond acceptors (Lipinski definition) is 3. The molecule has 2 rings (SSSR count). The molecule has 1 saturated heterocycles. The third-order valence-corrected chi connectivity index (χ3v) is 3.30. The molecule has 112 valence electrons. The van der Waals surface area contributed by atoms with Crippen LogP contribution in [0.15, 0.2) is 24.3 Å². The van der Waals surface area contributed by atoms with E-state index in [9.17, 15) is 4.79 Å². The molecule has 1 aromatic rings. The second kappa shape index (κ2) is 8.82. The summed E-state index contributed by atoms with van der Waals surface area (Å²) < 4.78 is 5.46. The first-order valence-electron chi connectivity index (χ1n) is 7.02. The second-order valence-corrected chi connectivity index (χ2v) is 4.77. The number of ether oxygens (including phenoxy) is 1. The monoisotopic (exact) mass is 298 g/mol. The Labute approximate surface area is 126 Å². The molecule has 1 fully saturated rings. The molecule has 5 heteroatoms. The van der Waals surface area contributed by atoms with Gasteiger partial charge in [-0.1, -0.05) is 12.1 Å². The van der Waals surface area contributed by atoms with Crippen molar-refractivity contribution in [2.75, 3.05) is 19.7 Å². The molecule has 0 radical (unpaired) electrons. The van der Waals surface area contributed by atoms with Gasteiger partial charge < -0.3 is 15.4 Å². The molecular weight excluding hydrogens is 276 g/mol. The van der Waals surface area contributed by atoms with Crippen LogP contribution in [0.5, 0.6) is 5.75 Å². The summed E-state index contributed by atoms with van der Waals surface area (Å²) in [5.74, 6) is 1.02. The summed E-state index contributed by atoms with van der Waals surface area (Å²) in [7, 11) is 0. The number of rotatable bonds is 6. The third-order valence-electron chi connectivity index (χ3n) is 3.30. The second-order valence-electron chi connectivity index (χ2n) is 4.77. The number of amides is 1. The first kappa shape index (κ1) is 16.8. The van der Waals surface area contributed by atoms with Gasteiger partial charge in [0.15, 0.2) is 0 Å². The van der Waals surface area contributed by atoms with Crippen LogP contribution in [0.25, 0.3) is 0 Å². The van der Waals surface area contributed by atoms with E-state index in [-0.39, 0.29) is 24.4 Å². The summed E-state index contributed by atoms with van der Waals surface area (Å²) in [6, 6.07) is 8.04. The Morgan fingerprint density at radius 1 is 1.50 bits per heavy atom. The fraction of sp³-hybridized carbons (Fsp3) is 0.533. The van der Waals surface area contributed by atoms with Gasteiger partial charge in [0.1, 0.15) is 5.75 Å². The Bertz CT molecular complexity index is 420. The lowest BCUT2D eigenvalue weighted by Crippen LogP contribution is -2.41. The number of carbonyl (C=O) groups is 1. The van der Waals surface area contributed by atoms with E-state index in [2.05, 4.69) is 16.7 Å². The summed E-state index contributed by atoms with van der Waals surface area (Å²) in [5, 5.41) is 6.18. The number of nitrogens with one attached hydrogen (secondary N) is 2. The van der Waals surface area contributed by atoms with Gasteiger partial charge in [-0.3, -0.25) is 4.79 Å². The standard InChI is InChI=1S/C15H22N2O2.ClH/c1-2-19-13-6-3-5-12(11-13)8-10-17-15(18)14-7-4-9-16-14;/h3,5-6,11,14,16H,2,4,7-10H2,1H3,(H,17,18);1H. The van der Waals surface area contributed by atoms with Crippen LogP contribution >= 0.6 is 12.4 Å². The van der Waals surface area contributed by atoms with Crippen molar-refractivity contribution in [2.45, 2.75) is 32.2 Å². The highest BCUT2D eigenvalue weighted by Gasteiger charge is 2.21. The van der Waals surface area contributed by atoms with E-state index in [1.165, 1.54) is 5.56 Å². The highest BCUT2D eigenvalue weighted by atomic mass is 35.5. The SMILES string of the molecule is CCOc1cccc(CCNC(=O)C2CCCN2)c1.Cl. The molecule has 0 spiro atoms. The largest absolute Gasteiger partial charge is 0.494 e. The lowest BCUT2D eigenvalue weighted by atomic mass is 10.1. The van der Waals surface area contributed by atoms with E-state index in [0.29, 0.717) is 13.2 Å². The van der Waals surface area contributed by atoms with E-state index < -0.39 is 0 Å². The predicted molar refractivity (Wildman–Crippen MR) is 82.6 cm³/mol. The fourth-order valence-corrected chi connectivity index (χ4v) is 2.32. The molecule has 1 heterocycles. The molecule has 1 aliphatic rings. The zero-order valence-corrected chi connectivity index (χ0v) is 12.7. The van der Waals surface area contributed by atoms with E-state index in [1.54, 1.807) is 0 Å². The number of carbonyl (C=O) groups excluding carboxylic acids is 1. The van der Waals surface area contributed by atoms with Crippen molar-refractivity contribution in [3.63, 3.8) is 0 Å². The zero-order valence-electron chi connectivity index (χ0n) is 11.9. The maximum atomic E-state index is 11.8. The Morgan fingerprint density at radius 3 is 3.05 bits per heavy atom. The van der Waals surface area contributed by atoms with Gasteiger partial charge in [0.05, 0.1) is 12.6 Å². The summed E-state index contributed by atoms with van der Waals surface area (Å²) in [6.45, 7) is 4.27. The van der Waals surface area contributed by atoms with Gasteiger partial charge in [-0.25, -0.2) is 0 Å². The van der Waals surface area contributed by atoms with Crippen LogP contribution in [0.2, 0.25) is 0 Å². The summed E-state index contributed by atoms with van der Waals surface area (Å²) in [4.78, 5) is 11.8. The van der Waals surface area contributed by atoms with Gasteiger partial charge in [-0.2, -0.15) is 0 Å². The third kappa shape index (κ3) is 5.02. The van der Waals surface area contributed by atoms with Crippen molar-refractivity contribution in [1.29, 1.82) is 0 Å². The smallest absolute Gasteiger partial charge is 0.237 e. The van der Waals surface area contributed by atoms with Gasteiger partial charge in [0, 0.05) is 6.54 Å². The topological polar surface area (TPSA) is 50.4 Å². The van der Waals surface area contributed by atoms with E-state index >= 15 is 0 Å². The summed E-state index contributed by atoms with van der Waals surface area (Å²) in [6.07, 6.45) is 2.87. The fourth-order valence-electron chi connectivity index (χ4n) is 2.32. The minimum atomic E-state index is 0. The van der Waals surface area contributed by atoms with Crippen molar-refractivity contribution in [1.82, 2.24) is 10.6 Å². The molecule has 1 atom stereocenters. The normalized spacial score (nSPS) is 17.4. The van der Waals surface area contributed by atoms with Crippen molar-refractivity contribution in [3.8, 4) is 5.75 Å². The van der Waals surface area contributed by atoms with Gasteiger partial charge >= 0.3 is 0 Å². The van der Waals surface area contributed by atoms with Crippen LogP contribution in [0.1, 0.15) is 25.3 Å². The molecular formula is C15H23ClN2O2. The van der Waals surface area contributed by atoms with Gasteiger partial charge in [0.25, 0.3) is 0 Å². The molecule has 0 bridgehead atoms. The number of hydrogen-bond donors (Lipinski definition) is 2. The maximum absolute atomic E-state index is 11.8. The van der Waals surface area contributed by atoms with Gasteiger partial charge in [-0.05, 0) is 50.4 Å². The van der Waals surface area contributed by atoms with Gasteiger partial charge in [-0.15, -0.1) is 12.4 Å². The van der Waals surface area contributed by atoms with E-state index in [4.69, 9.17) is 4.74 Å². The summed E-state index contributed by atoms with van der Waals surface area (Å²) >= 11 is 0. The van der Waals surface area contributed by atoms with Crippen LogP contribution < -0.4 is 15.4 Å². The van der Waals surface area contributed by atoms with E-state index in [0.717, 1.165) is 31.6 Å². The van der Waals surface area contributed by atoms with Gasteiger partial charge in [0.2, 0.25) is 5.91 Å². The van der Waals surface area contributed by atoms with Crippen molar-refractivity contribution in [2.24, 2.45) is 0 Å². The van der Waals surface area contributed by atoms with Crippen LogP contribution in [0.4, 0.5) is 0 Å². The minimum Gasteiger partial charge on any atom is -0.494 e. The first-order chi connectivity index (χ1) is 9.29. The molecule has 1 aliphatic heterocycles. The van der Waals surface area contributed by atoms with E-state index in [1.807, 2.05) is 25.1 Å². The van der Waals surface area contributed by atoms with Crippen LogP contribution in [-0.4, -0.2) is 31.6 Å². The molecule has 0 aromatic heterocycles. The number of halogens is 1. The quantitative estimate of drug-likeness (QED) is 0.843. The zero-order chi connectivity index (χ0) is 13.5.